The SMILES string of the molecule is COC(=O)CC1Cc2ccc(F)cc2C(O)C1. The van der Waals surface area contributed by atoms with Crippen LogP contribution in [-0.4, -0.2) is 18.2 Å². The molecule has 0 heterocycles. The Labute approximate surface area is 99.2 Å². The van der Waals surface area contributed by atoms with Crippen molar-refractivity contribution in [2.24, 2.45) is 5.92 Å². The van der Waals surface area contributed by atoms with Crippen LogP contribution in [0.2, 0.25) is 0 Å². The van der Waals surface area contributed by atoms with Crippen molar-refractivity contribution in [2.75, 3.05) is 7.11 Å². The zero-order chi connectivity index (χ0) is 12.4. The number of hydrogen-bond donors (Lipinski definition) is 1. The number of rotatable bonds is 2. The molecule has 0 fully saturated rings. The first kappa shape index (κ1) is 12.0. The molecule has 1 N–H and O–H groups in total. The second kappa shape index (κ2) is 4.84. The van der Waals surface area contributed by atoms with E-state index in [0.717, 1.165) is 5.56 Å². The van der Waals surface area contributed by atoms with E-state index in [0.29, 0.717) is 24.8 Å². The largest absolute Gasteiger partial charge is 0.469 e. The standard InChI is InChI=1S/C13H15FO3/c1-17-13(16)6-8-4-9-2-3-10(14)7-11(9)12(15)5-8/h2-3,7-8,12,15H,4-6H2,1H3. The monoisotopic (exact) mass is 238 g/mol. The molecule has 0 bridgehead atoms. The van der Waals surface area contributed by atoms with Gasteiger partial charge in [-0.1, -0.05) is 6.07 Å². The zero-order valence-electron chi connectivity index (χ0n) is 9.65. The van der Waals surface area contributed by atoms with Crippen LogP contribution in [0.15, 0.2) is 18.2 Å². The summed E-state index contributed by atoms with van der Waals surface area (Å²) in [7, 11) is 1.35. The number of halogens is 1. The molecule has 0 aliphatic heterocycles. The highest BCUT2D eigenvalue weighted by Gasteiger charge is 2.27. The number of aliphatic hydroxyl groups excluding tert-OH is 1. The third-order valence-corrected chi connectivity index (χ3v) is 3.22. The van der Waals surface area contributed by atoms with E-state index >= 15 is 0 Å². The third kappa shape index (κ3) is 2.64. The minimum atomic E-state index is -0.691. The molecule has 1 aromatic carbocycles. The summed E-state index contributed by atoms with van der Waals surface area (Å²) in [6, 6.07) is 4.43. The van der Waals surface area contributed by atoms with E-state index in [9.17, 15) is 14.3 Å². The predicted octanol–water partition coefficient (Wildman–Crippen LogP) is 1.98. The van der Waals surface area contributed by atoms with Crippen LogP contribution in [-0.2, 0) is 16.0 Å². The Morgan fingerprint density at radius 3 is 3.06 bits per heavy atom. The van der Waals surface area contributed by atoms with Crippen LogP contribution in [0.4, 0.5) is 4.39 Å². The van der Waals surface area contributed by atoms with Crippen molar-refractivity contribution in [1.82, 2.24) is 0 Å². The molecule has 1 aliphatic rings. The lowest BCUT2D eigenvalue weighted by molar-refractivity contribution is -0.142. The Morgan fingerprint density at radius 1 is 1.59 bits per heavy atom. The molecular formula is C13H15FO3. The summed E-state index contributed by atoms with van der Waals surface area (Å²) >= 11 is 0. The molecule has 0 saturated heterocycles. The quantitative estimate of drug-likeness (QED) is 0.801. The van der Waals surface area contributed by atoms with Crippen molar-refractivity contribution in [3.8, 4) is 0 Å². The molecule has 3 nitrogen and oxygen atoms in total. The van der Waals surface area contributed by atoms with Crippen molar-refractivity contribution in [3.05, 3.63) is 35.1 Å². The molecule has 92 valence electrons. The number of esters is 1. The van der Waals surface area contributed by atoms with Gasteiger partial charge < -0.3 is 9.84 Å². The van der Waals surface area contributed by atoms with Gasteiger partial charge in [0.2, 0.25) is 0 Å². The van der Waals surface area contributed by atoms with Crippen LogP contribution in [0.1, 0.15) is 30.1 Å². The van der Waals surface area contributed by atoms with Crippen LogP contribution in [0, 0.1) is 11.7 Å². The van der Waals surface area contributed by atoms with Gasteiger partial charge in [-0.2, -0.15) is 0 Å². The van der Waals surface area contributed by atoms with E-state index in [1.807, 2.05) is 0 Å². The van der Waals surface area contributed by atoms with Gasteiger partial charge in [-0.15, -0.1) is 0 Å². The van der Waals surface area contributed by atoms with Gasteiger partial charge in [0, 0.05) is 6.42 Å². The number of ether oxygens (including phenoxy) is 1. The van der Waals surface area contributed by atoms with Crippen molar-refractivity contribution >= 4 is 5.97 Å². The van der Waals surface area contributed by atoms with Gasteiger partial charge >= 0.3 is 5.97 Å². The molecule has 0 saturated carbocycles. The maximum Gasteiger partial charge on any atom is 0.305 e. The molecular weight excluding hydrogens is 223 g/mol. The van der Waals surface area contributed by atoms with Gasteiger partial charge in [0.1, 0.15) is 5.82 Å². The first-order valence-corrected chi connectivity index (χ1v) is 5.63. The second-order valence-electron chi connectivity index (χ2n) is 4.45. The Bertz CT molecular complexity index is 431. The zero-order valence-corrected chi connectivity index (χ0v) is 9.65. The number of aliphatic hydroxyl groups is 1. The summed E-state index contributed by atoms with van der Waals surface area (Å²) in [6.07, 6.45) is 0.765. The molecule has 2 atom stereocenters. The van der Waals surface area contributed by atoms with Gasteiger partial charge in [-0.25, -0.2) is 4.39 Å². The first-order valence-electron chi connectivity index (χ1n) is 5.63. The maximum absolute atomic E-state index is 13.0. The molecule has 0 spiro atoms. The predicted molar refractivity (Wildman–Crippen MR) is 59.8 cm³/mol. The van der Waals surface area contributed by atoms with Gasteiger partial charge in [0.05, 0.1) is 13.2 Å². The number of benzene rings is 1. The molecule has 4 heteroatoms. The van der Waals surface area contributed by atoms with Crippen LogP contribution in [0.25, 0.3) is 0 Å². The third-order valence-electron chi connectivity index (χ3n) is 3.22. The van der Waals surface area contributed by atoms with E-state index in [1.54, 1.807) is 6.07 Å². The molecule has 2 unspecified atom stereocenters. The average Bonchev–Trinajstić information content (AvgIpc) is 2.30. The van der Waals surface area contributed by atoms with Gasteiger partial charge in [0.15, 0.2) is 0 Å². The maximum atomic E-state index is 13.0. The Morgan fingerprint density at radius 2 is 2.35 bits per heavy atom. The number of hydrogen-bond acceptors (Lipinski definition) is 3. The summed E-state index contributed by atoms with van der Waals surface area (Å²) < 4.78 is 17.7. The van der Waals surface area contributed by atoms with E-state index in [2.05, 4.69) is 4.74 Å². The highest BCUT2D eigenvalue weighted by molar-refractivity contribution is 5.69. The van der Waals surface area contributed by atoms with Crippen molar-refractivity contribution < 1.29 is 19.0 Å². The van der Waals surface area contributed by atoms with Crippen LogP contribution in [0.5, 0.6) is 0 Å². The minimum absolute atomic E-state index is 0.0652. The lowest BCUT2D eigenvalue weighted by Gasteiger charge is -2.28. The Hall–Kier alpha value is -1.42. The van der Waals surface area contributed by atoms with Crippen molar-refractivity contribution in [3.63, 3.8) is 0 Å². The molecule has 17 heavy (non-hydrogen) atoms. The fourth-order valence-corrected chi connectivity index (χ4v) is 2.37. The van der Waals surface area contributed by atoms with Gasteiger partial charge in [-0.3, -0.25) is 4.79 Å². The molecule has 0 amide bonds. The first-order chi connectivity index (χ1) is 8.10. The smallest absolute Gasteiger partial charge is 0.305 e. The number of carbonyl (C=O) groups excluding carboxylic acids is 1. The van der Waals surface area contributed by atoms with E-state index in [-0.39, 0.29) is 17.7 Å². The molecule has 2 rings (SSSR count). The summed E-state index contributed by atoms with van der Waals surface area (Å²) in [5.74, 6) is -0.544. The lowest BCUT2D eigenvalue weighted by atomic mass is 9.80. The fraction of sp³-hybridized carbons (Fsp3) is 0.462. The summed E-state index contributed by atoms with van der Waals surface area (Å²) in [5, 5.41) is 9.92. The van der Waals surface area contributed by atoms with Crippen LogP contribution < -0.4 is 0 Å². The normalized spacial score (nSPS) is 23.0. The lowest BCUT2D eigenvalue weighted by Crippen LogP contribution is -2.21. The van der Waals surface area contributed by atoms with E-state index in [4.69, 9.17) is 0 Å². The van der Waals surface area contributed by atoms with Gasteiger partial charge in [-0.05, 0) is 42.0 Å². The van der Waals surface area contributed by atoms with Crippen molar-refractivity contribution in [2.45, 2.75) is 25.4 Å². The number of methoxy groups -OCH3 is 1. The summed E-state index contributed by atoms with van der Waals surface area (Å²) in [4.78, 5) is 11.2. The van der Waals surface area contributed by atoms with Crippen LogP contribution in [0.3, 0.4) is 0 Å². The highest BCUT2D eigenvalue weighted by atomic mass is 19.1. The summed E-state index contributed by atoms with van der Waals surface area (Å²) in [5.41, 5.74) is 1.56. The van der Waals surface area contributed by atoms with E-state index < -0.39 is 6.10 Å². The topological polar surface area (TPSA) is 46.5 Å². The minimum Gasteiger partial charge on any atom is -0.469 e. The molecule has 1 aliphatic carbocycles. The van der Waals surface area contributed by atoms with Crippen molar-refractivity contribution in [1.29, 1.82) is 0 Å². The van der Waals surface area contributed by atoms with Gasteiger partial charge in [0.25, 0.3) is 0 Å². The number of fused-ring (bicyclic) bond motifs is 1. The molecule has 1 aromatic rings. The second-order valence-corrected chi connectivity index (χ2v) is 4.45. The fourth-order valence-electron chi connectivity index (χ4n) is 2.37. The molecule has 0 aromatic heterocycles. The van der Waals surface area contributed by atoms with E-state index in [1.165, 1.54) is 19.2 Å². The molecule has 0 radical (unpaired) electrons. The number of carbonyl (C=O) groups is 1. The highest BCUT2D eigenvalue weighted by Crippen LogP contribution is 2.35. The van der Waals surface area contributed by atoms with Crippen LogP contribution >= 0.6 is 0 Å². The summed E-state index contributed by atoms with van der Waals surface area (Å²) in [6.45, 7) is 0. The Balaban J connectivity index is 2.16. The Kier molecular flexibility index (Phi) is 3.43. The average molecular weight is 238 g/mol.